The van der Waals surface area contributed by atoms with E-state index in [1.807, 2.05) is 12.1 Å². The Morgan fingerprint density at radius 2 is 2.20 bits per heavy atom. The van der Waals surface area contributed by atoms with Crippen molar-refractivity contribution in [3.05, 3.63) is 44.6 Å². The van der Waals surface area contributed by atoms with Gasteiger partial charge < -0.3 is 15.6 Å². The smallest absolute Gasteiger partial charge is 0.216 e. The molecule has 0 saturated carbocycles. The molecular weight excluding hydrogens is 521 g/mol. The zero-order chi connectivity index (χ0) is 21.5. The Bertz CT molecular complexity index is 1100. The first-order chi connectivity index (χ1) is 14.5. The Kier molecular flexibility index (Phi) is 7.71. The summed E-state index contributed by atoms with van der Waals surface area (Å²) in [6, 6.07) is 7.20. The average Bonchev–Trinajstić information content (AvgIpc) is 3.15. The van der Waals surface area contributed by atoms with E-state index in [4.69, 9.17) is 11.6 Å². The van der Waals surface area contributed by atoms with Crippen molar-refractivity contribution in [1.82, 2.24) is 25.7 Å². The summed E-state index contributed by atoms with van der Waals surface area (Å²) in [7, 11) is 0. The zero-order valence-corrected chi connectivity index (χ0v) is 19.1. The summed E-state index contributed by atoms with van der Waals surface area (Å²) in [5.41, 5.74) is 4.45. The molecule has 9 nitrogen and oxygen atoms in total. The van der Waals surface area contributed by atoms with E-state index in [1.54, 1.807) is 18.3 Å². The maximum Gasteiger partial charge on any atom is 0.216 e. The van der Waals surface area contributed by atoms with Crippen LogP contribution in [0.1, 0.15) is 18.9 Å². The van der Waals surface area contributed by atoms with Crippen LogP contribution in [-0.2, 0) is 4.79 Å². The van der Waals surface area contributed by atoms with E-state index in [0.717, 1.165) is 9.99 Å². The fourth-order valence-electron chi connectivity index (χ4n) is 2.69. The third-order valence-electron chi connectivity index (χ3n) is 4.06. The van der Waals surface area contributed by atoms with Crippen LogP contribution < -0.4 is 16.1 Å². The standard InChI is InChI=1S/C19H21ClIN7O2/c1-11(29)22-7-3-8-24-19-26-16-13(6-9-23-18(16)27-19)17(28-30)25-12-4-5-15(21-2)14(20)10-12/h4-6,9-10,30H,2-3,7-8H2,1H3,(H,22,29)(H,25,28)(H2,23,24,26,27). The highest BCUT2D eigenvalue weighted by Gasteiger charge is 2.13. The molecule has 0 radical (unpaired) electrons. The van der Waals surface area contributed by atoms with E-state index in [2.05, 4.69) is 40.6 Å². The number of aromatic amines is 1. The fourth-order valence-corrected chi connectivity index (χ4v) is 4.16. The molecule has 2 heterocycles. The predicted molar refractivity (Wildman–Crippen MR) is 128 cm³/mol. The summed E-state index contributed by atoms with van der Waals surface area (Å²) in [5.74, 6) is 0.716. The number of hydrogen-bond donors (Lipinski definition) is 5. The van der Waals surface area contributed by atoms with E-state index >= 15 is 0 Å². The molecule has 0 spiro atoms. The predicted octanol–water partition coefficient (Wildman–Crippen LogP) is 3.18. The molecule has 1 amide bonds. The molecule has 0 fully saturated rings. The summed E-state index contributed by atoms with van der Waals surface area (Å²) >= 11 is 5.89. The molecule has 2 aromatic heterocycles. The minimum absolute atomic E-state index is 0.0557. The van der Waals surface area contributed by atoms with E-state index in [1.165, 1.54) is 6.92 Å². The van der Waals surface area contributed by atoms with Gasteiger partial charge in [0.1, 0.15) is 0 Å². The van der Waals surface area contributed by atoms with Crippen molar-refractivity contribution in [2.75, 3.05) is 18.4 Å². The van der Waals surface area contributed by atoms with Gasteiger partial charge in [-0.15, -0.1) is 0 Å². The van der Waals surface area contributed by atoms with Crippen molar-refractivity contribution in [2.24, 2.45) is 4.99 Å². The van der Waals surface area contributed by atoms with Crippen molar-refractivity contribution < 1.29 is 10.0 Å². The Morgan fingerprint density at radius 1 is 1.37 bits per heavy atom. The molecule has 3 aromatic rings. The first-order valence-electron chi connectivity index (χ1n) is 9.02. The molecule has 0 aliphatic carbocycles. The lowest BCUT2D eigenvalue weighted by atomic mass is 10.2. The Balaban J connectivity index is 1.83. The van der Waals surface area contributed by atoms with E-state index in [-0.39, 0.29) is 32.5 Å². The molecule has 0 bridgehead atoms. The SMILES string of the molecule is C=Ic1ccc(N=C(NO)c2ccnc3nc(NCCCNC(C)=O)[nH]c23)cc1Cl. The fraction of sp³-hybridized carbons (Fsp3) is 0.211. The second-order valence-electron chi connectivity index (χ2n) is 6.21. The molecule has 0 aliphatic heterocycles. The number of nitrogens with zero attached hydrogens (tertiary/aromatic N) is 3. The second-order valence-corrected chi connectivity index (χ2v) is 8.54. The van der Waals surface area contributed by atoms with Crippen molar-refractivity contribution in [3.63, 3.8) is 0 Å². The highest BCUT2D eigenvalue weighted by molar-refractivity contribution is 14.2. The number of aliphatic imine (C=N–C) groups is 1. The summed E-state index contributed by atoms with van der Waals surface area (Å²) in [5, 5.41) is 16.2. The summed E-state index contributed by atoms with van der Waals surface area (Å²) in [6.45, 7) is 2.68. The average molecular weight is 542 g/mol. The largest absolute Gasteiger partial charge is 0.356 e. The lowest BCUT2D eigenvalue weighted by Crippen LogP contribution is -2.22. The first kappa shape index (κ1) is 22.1. The van der Waals surface area contributed by atoms with Crippen LogP contribution in [0.15, 0.2) is 35.5 Å². The maximum absolute atomic E-state index is 10.9. The number of pyridine rings is 1. The Morgan fingerprint density at radius 3 is 2.90 bits per heavy atom. The van der Waals surface area contributed by atoms with Crippen LogP contribution in [0, 0.1) is 3.57 Å². The number of rotatable bonds is 8. The van der Waals surface area contributed by atoms with Crippen LogP contribution in [-0.4, -0.2) is 49.5 Å². The number of fused-ring (bicyclic) bond motifs is 1. The maximum atomic E-state index is 10.9. The van der Waals surface area contributed by atoms with Gasteiger partial charge in [0.15, 0.2) is 11.5 Å². The normalized spacial score (nSPS) is 11.5. The summed E-state index contributed by atoms with van der Waals surface area (Å²) in [6.07, 6.45) is 2.34. The Hall–Kier alpha value is -2.57. The number of amidine groups is 1. The van der Waals surface area contributed by atoms with Gasteiger partial charge in [0.05, 0.1) is 16.2 Å². The third-order valence-corrected chi connectivity index (χ3v) is 6.46. The number of imidazole rings is 1. The van der Waals surface area contributed by atoms with Gasteiger partial charge in [-0.05, 0) is 30.7 Å². The van der Waals surface area contributed by atoms with Crippen LogP contribution in [0.5, 0.6) is 0 Å². The molecule has 30 heavy (non-hydrogen) atoms. The molecule has 0 saturated heterocycles. The van der Waals surface area contributed by atoms with Gasteiger partial charge in [-0.2, -0.15) is 4.98 Å². The molecule has 3 rings (SSSR count). The topological polar surface area (TPSA) is 127 Å². The van der Waals surface area contributed by atoms with Gasteiger partial charge >= 0.3 is 0 Å². The van der Waals surface area contributed by atoms with Crippen LogP contribution in [0.4, 0.5) is 11.6 Å². The number of benzene rings is 1. The number of hydrogen-bond acceptors (Lipinski definition) is 6. The van der Waals surface area contributed by atoms with Crippen LogP contribution >= 0.6 is 32.3 Å². The van der Waals surface area contributed by atoms with Crippen molar-refractivity contribution in [3.8, 4) is 0 Å². The third kappa shape index (κ3) is 5.52. The van der Waals surface area contributed by atoms with E-state index in [0.29, 0.717) is 46.5 Å². The first-order valence-corrected chi connectivity index (χ1v) is 12.0. The van der Waals surface area contributed by atoms with Crippen molar-refractivity contribution in [2.45, 2.75) is 13.3 Å². The van der Waals surface area contributed by atoms with Gasteiger partial charge in [0.2, 0.25) is 11.9 Å². The van der Waals surface area contributed by atoms with Crippen LogP contribution in [0.3, 0.4) is 0 Å². The number of amides is 1. The van der Waals surface area contributed by atoms with E-state index < -0.39 is 0 Å². The van der Waals surface area contributed by atoms with Gasteiger partial charge in [-0.3, -0.25) is 15.5 Å². The minimum atomic E-state index is -0.372. The number of H-pyrrole nitrogens is 1. The lowest BCUT2D eigenvalue weighted by Gasteiger charge is -2.07. The van der Waals surface area contributed by atoms with Gasteiger partial charge in [-0.1, -0.05) is 36.8 Å². The molecule has 0 atom stereocenters. The van der Waals surface area contributed by atoms with Crippen LogP contribution in [0.25, 0.3) is 11.2 Å². The van der Waals surface area contributed by atoms with Crippen molar-refractivity contribution in [1.29, 1.82) is 0 Å². The number of carbonyl (C=O) groups excluding carboxylic acids is 1. The second kappa shape index (κ2) is 10.5. The number of carbonyl (C=O) groups is 1. The van der Waals surface area contributed by atoms with Crippen molar-refractivity contribution >= 4 is 71.4 Å². The zero-order valence-electron chi connectivity index (χ0n) is 16.2. The Labute approximate surface area is 188 Å². The number of halogens is 2. The summed E-state index contributed by atoms with van der Waals surface area (Å²) < 4.78 is 4.97. The highest BCUT2D eigenvalue weighted by atomic mass is 127. The van der Waals surface area contributed by atoms with Gasteiger partial charge in [0, 0.05) is 35.3 Å². The highest BCUT2D eigenvalue weighted by Crippen LogP contribution is 2.27. The quantitative estimate of drug-likeness (QED) is 0.0980. The lowest BCUT2D eigenvalue weighted by molar-refractivity contribution is -0.118. The number of hydroxylamine groups is 1. The van der Waals surface area contributed by atoms with E-state index in [9.17, 15) is 10.0 Å². The van der Waals surface area contributed by atoms with Gasteiger partial charge in [0.25, 0.3) is 0 Å². The molecule has 158 valence electrons. The van der Waals surface area contributed by atoms with Crippen LogP contribution in [0.2, 0.25) is 5.02 Å². The van der Waals surface area contributed by atoms with Gasteiger partial charge in [-0.25, -0.2) is 9.98 Å². The molecule has 5 N–H and O–H groups in total. The molecule has 1 aromatic carbocycles. The number of aromatic nitrogens is 3. The minimum Gasteiger partial charge on any atom is -0.356 e. The number of nitrogens with one attached hydrogen (secondary N) is 4. The number of anilines is 1. The molecule has 0 unspecified atom stereocenters. The molecular formula is C19H21ClIN7O2. The molecule has 0 aliphatic rings. The molecule has 11 heteroatoms. The monoisotopic (exact) mass is 541 g/mol. The summed E-state index contributed by atoms with van der Waals surface area (Å²) in [4.78, 5) is 27.2.